The van der Waals surface area contributed by atoms with E-state index in [1.807, 2.05) is 12.3 Å². The summed E-state index contributed by atoms with van der Waals surface area (Å²) in [7, 11) is -1.96. The smallest absolute Gasteiger partial charge is 0.475 e. The minimum Gasteiger partial charge on any atom is -0.475 e. The molecule has 2 fully saturated rings. The summed E-state index contributed by atoms with van der Waals surface area (Å²) in [6, 6.07) is 0.352. The molecule has 6 rings (SSSR count). The molecule has 2 saturated heterocycles. The van der Waals surface area contributed by atoms with Gasteiger partial charge >= 0.3 is 12.1 Å². The number of aromatic nitrogens is 5. The number of alkyl halides is 3. The van der Waals surface area contributed by atoms with Gasteiger partial charge in [0, 0.05) is 30.4 Å². The second kappa shape index (κ2) is 12.3. The van der Waals surface area contributed by atoms with Crippen molar-refractivity contribution in [2.24, 2.45) is 0 Å². The van der Waals surface area contributed by atoms with E-state index in [0.717, 1.165) is 35.4 Å². The average Bonchev–Trinajstić information content (AvgIpc) is 3.74. The number of hydrogen-bond acceptors (Lipinski definition) is 9. The maximum atomic E-state index is 10.6. The Bertz CT molecular complexity index is 1570. The highest BCUT2D eigenvalue weighted by molar-refractivity contribution is 6.74. The van der Waals surface area contributed by atoms with E-state index in [1.54, 1.807) is 4.68 Å². The SMILES string of the molecule is C=CCc1c(Cl)c(-n2cc3c(n2)CNC3)nc2nc(O[C@@H]3CO[C@H]4[C@@H]3OC[C@H]4O[Si](C)(C)C(C)(C)C)[nH]c12.O=C(O)C(F)(F)F. The van der Waals surface area contributed by atoms with Crippen LogP contribution in [-0.2, 0) is 38.2 Å². The maximum Gasteiger partial charge on any atom is 0.490 e. The van der Waals surface area contributed by atoms with Crippen molar-refractivity contribution in [3.05, 3.63) is 40.7 Å². The number of allylic oxidation sites excluding steroid dienone is 1. The Hall–Kier alpha value is -3.02. The average molecular weight is 673 g/mol. The van der Waals surface area contributed by atoms with Gasteiger partial charge in [-0.05, 0) is 24.6 Å². The second-order valence-electron chi connectivity index (χ2n) is 12.6. The highest BCUT2D eigenvalue weighted by Gasteiger charge is 2.52. The van der Waals surface area contributed by atoms with E-state index in [2.05, 4.69) is 60.8 Å². The highest BCUT2D eigenvalue weighted by atomic mass is 35.5. The molecule has 6 heterocycles. The first-order valence-electron chi connectivity index (χ1n) is 14.4. The summed E-state index contributed by atoms with van der Waals surface area (Å²) in [5.41, 5.74) is 4.21. The zero-order chi connectivity index (χ0) is 32.9. The van der Waals surface area contributed by atoms with Gasteiger partial charge in [-0.3, -0.25) is 0 Å². The first-order valence-corrected chi connectivity index (χ1v) is 17.6. The van der Waals surface area contributed by atoms with Crippen LogP contribution in [0.25, 0.3) is 17.0 Å². The minimum atomic E-state index is -5.08. The van der Waals surface area contributed by atoms with Crippen molar-refractivity contribution in [2.75, 3.05) is 13.2 Å². The van der Waals surface area contributed by atoms with Gasteiger partial charge in [0.05, 0.1) is 35.6 Å². The fraction of sp³-hybridized carbons (Fsp3) is 0.571. The molecule has 3 aliphatic rings. The number of rotatable bonds is 7. The number of aliphatic carboxylic acids is 1. The first kappa shape index (κ1) is 33.3. The summed E-state index contributed by atoms with van der Waals surface area (Å²) in [5.74, 6) is -2.22. The predicted molar refractivity (Wildman–Crippen MR) is 160 cm³/mol. The number of imidazole rings is 1. The maximum absolute atomic E-state index is 10.6. The van der Waals surface area contributed by atoms with Crippen LogP contribution in [0.5, 0.6) is 6.01 Å². The molecule has 0 spiro atoms. The Morgan fingerprint density at radius 1 is 1.20 bits per heavy atom. The molecule has 0 unspecified atom stereocenters. The molecular weight excluding hydrogens is 637 g/mol. The van der Waals surface area contributed by atoms with Crippen molar-refractivity contribution in [2.45, 2.75) is 89.0 Å². The molecule has 45 heavy (non-hydrogen) atoms. The van der Waals surface area contributed by atoms with Gasteiger partial charge in [0.1, 0.15) is 12.2 Å². The van der Waals surface area contributed by atoms with Crippen LogP contribution >= 0.6 is 11.6 Å². The molecule has 0 saturated carbocycles. The Morgan fingerprint density at radius 2 is 1.84 bits per heavy atom. The van der Waals surface area contributed by atoms with Crippen molar-refractivity contribution in [1.29, 1.82) is 0 Å². The Labute approximate surface area is 263 Å². The van der Waals surface area contributed by atoms with Gasteiger partial charge in [-0.1, -0.05) is 38.4 Å². The van der Waals surface area contributed by atoms with Crippen LogP contribution in [0, 0.1) is 0 Å². The van der Waals surface area contributed by atoms with E-state index in [4.69, 9.17) is 45.1 Å². The summed E-state index contributed by atoms with van der Waals surface area (Å²) < 4.78 is 58.6. The minimum absolute atomic E-state index is 0.0988. The van der Waals surface area contributed by atoms with Crippen LogP contribution in [0.15, 0.2) is 18.9 Å². The Kier molecular flexibility index (Phi) is 9.11. The van der Waals surface area contributed by atoms with Crippen LogP contribution in [0.3, 0.4) is 0 Å². The topological polar surface area (TPSA) is 146 Å². The van der Waals surface area contributed by atoms with Crippen LogP contribution in [0.2, 0.25) is 23.2 Å². The zero-order valence-corrected chi connectivity index (χ0v) is 27.3. The van der Waals surface area contributed by atoms with Crippen LogP contribution in [-0.4, -0.2) is 87.9 Å². The summed E-state index contributed by atoms with van der Waals surface area (Å²) in [6.45, 7) is 17.5. The monoisotopic (exact) mass is 672 g/mol. The number of pyridine rings is 1. The molecule has 3 aliphatic heterocycles. The summed E-state index contributed by atoms with van der Waals surface area (Å²) in [5, 5.41) is 15.7. The number of carboxylic acid groups (broad SMARTS) is 1. The van der Waals surface area contributed by atoms with Gasteiger partial charge in [-0.25, -0.2) is 14.5 Å². The van der Waals surface area contributed by atoms with Crippen molar-refractivity contribution in [3.8, 4) is 11.8 Å². The third kappa shape index (κ3) is 6.76. The number of nitrogens with one attached hydrogen (secondary N) is 2. The Morgan fingerprint density at radius 3 is 2.44 bits per heavy atom. The predicted octanol–water partition coefficient (Wildman–Crippen LogP) is 4.70. The third-order valence-electron chi connectivity index (χ3n) is 8.41. The van der Waals surface area contributed by atoms with Crippen molar-refractivity contribution in [1.82, 2.24) is 30.0 Å². The lowest BCUT2D eigenvalue weighted by Gasteiger charge is -2.39. The number of carbonyl (C=O) groups is 1. The molecule has 246 valence electrons. The largest absolute Gasteiger partial charge is 0.490 e. The normalized spacial score (nSPS) is 23.0. The van der Waals surface area contributed by atoms with Crippen molar-refractivity contribution < 1.29 is 41.7 Å². The fourth-order valence-corrected chi connectivity index (χ4v) is 6.68. The van der Waals surface area contributed by atoms with E-state index >= 15 is 0 Å². The van der Waals surface area contributed by atoms with Gasteiger partial charge in [0.15, 0.2) is 25.9 Å². The summed E-state index contributed by atoms with van der Waals surface area (Å²) in [4.78, 5) is 21.6. The van der Waals surface area contributed by atoms with Crippen LogP contribution in [0.4, 0.5) is 13.2 Å². The summed E-state index contributed by atoms with van der Waals surface area (Å²) >= 11 is 6.85. The molecule has 0 amide bonds. The third-order valence-corrected chi connectivity index (χ3v) is 13.3. The number of nitrogens with zero attached hydrogens (tertiary/aromatic N) is 4. The Balaban J connectivity index is 0.000000515. The molecule has 3 aromatic heterocycles. The molecule has 3 N–H and O–H groups in total. The number of H-pyrrole nitrogens is 1. The van der Waals surface area contributed by atoms with Crippen molar-refractivity contribution >= 4 is 37.1 Å². The molecule has 4 atom stereocenters. The lowest BCUT2D eigenvalue weighted by Crippen LogP contribution is -2.47. The number of aromatic amines is 1. The number of halogens is 4. The molecule has 12 nitrogen and oxygen atoms in total. The molecule has 0 aromatic carbocycles. The van der Waals surface area contributed by atoms with E-state index in [1.165, 1.54) is 0 Å². The molecular formula is C28H36ClF3N6O6Si. The van der Waals surface area contributed by atoms with Crippen molar-refractivity contribution in [3.63, 3.8) is 0 Å². The number of hydrogen-bond donors (Lipinski definition) is 3. The number of fused-ring (bicyclic) bond motifs is 3. The first-order chi connectivity index (χ1) is 21.0. The van der Waals surface area contributed by atoms with Gasteiger partial charge in [-0.15, -0.1) is 6.58 Å². The van der Waals surface area contributed by atoms with E-state index < -0.39 is 20.5 Å². The van der Waals surface area contributed by atoms with Crippen LogP contribution < -0.4 is 10.1 Å². The lowest BCUT2D eigenvalue weighted by molar-refractivity contribution is -0.192. The lowest BCUT2D eigenvalue weighted by atomic mass is 10.1. The van der Waals surface area contributed by atoms with Gasteiger partial charge < -0.3 is 34.0 Å². The standard InChI is InChI=1S/C26H35ClN6O4Si.C2HF3O2/c1-7-8-15-19(27)24(33-11-14-9-28-10-16(14)32-33)30-23-20(15)29-25(31-23)36-17-12-34-22-18(13-35-21(17)22)37-38(5,6)26(2,3)4;3-2(4,5)1(6)7/h7,11,17-18,21-22,28H,1,8-10,12-13H2,2-6H3,(H,29,30,31);(H,6,7)/t17-,18-,21-,22-;/m1./s1. The number of ether oxygens (including phenoxy) is 3. The molecule has 0 bridgehead atoms. The van der Waals surface area contributed by atoms with Gasteiger partial charge in [0.25, 0.3) is 6.01 Å². The molecule has 3 aromatic rings. The van der Waals surface area contributed by atoms with E-state index in [9.17, 15) is 13.2 Å². The van der Waals surface area contributed by atoms with Crippen LogP contribution in [0.1, 0.15) is 37.6 Å². The molecule has 17 heteroatoms. The van der Waals surface area contributed by atoms with Gasteiger partial charge in [0.2, 0.25) is 0 Å². The number of carboxylic acids is 1. The second-order valence-corrected chi connectivity index (χ2v) is 17.7. The zero-order valence-electron chi connectivity index (χ0n) is 25.5. The fourth-order valence-electron chi connectivity index (χ4n) is 5.07. The highest BCUT2D eigenvalue weighted by Crippen LogP contribution is 2.41. The molecule has 0 aliphatic carbocycles. The quantitative estimate of drug-likeness (QED) is 0.239. The van der Waals surface area contributed by atoms with E-state index in [0.29, 0.717) is 42.1 Å². The molecule has 0 radical (unpaired) electrons. The van der Waals surface area contributed by atoms with Gasteiger partial charge in [-0.2, -0.15) is 23.3 Å². The summed E-state index contributed by atoms with van der Waals surface area (Å²) in [6.07, 6.45) is -1.56. The van der Waals surface area contributed by atoms with E-state index in [-0.39, 0.29) is 29.5 Å².